The highest BCUT2D eigenvalue weighted by Crippen LogP contribution is 2.25. The zero-order chi connectivity index (χ0) is 14.8. The molecule has 5 nitrogen and oxygen atoms in total. The molecule has 0 saturated heterocycles. The molecular weight excluding hydrogens is 254 g/mol. The number of nitrogens with one attached hydrogen (secondary N) is 1. The minimum Gasteiger partial charge on any atom is -0.495 e. The van der Waals surface area contributed by atoms with Crippen molar-refractivity contribution in [2.45, 2.75) is 13.3 Å². The van der Waals surface area contributed by atoms with Crippen molar-refractivity contribution < 1.29 is 9.53 Å². The van der Waals surface area contributed by atoms with Crippen LogP contribution in [-0.4, -0.2) is 18.1 Å². The van der Waals surface area contributed by atoms with Gasteiger partial charge >= 0.3 is 6.03 Å². The van der Waals surface area contributed by atoms with E-state index in [1.54, 1.807) is 25.6 Å². The molecule has 0 aliphatic carbocycles. The zero-order valence-corrected chi connectivity index (χ0v) is 11.7. The van der Waals surface area contributed by atoms with Gasteiger partial charge in [-0.3, -0.25) is 4.98 Å². The maximum atomic E-state index is 10.6. The maximum Gasteiger partial charge on any atom is 0.316 e. The predicted octanol–water partition coefficient (Wildman–Crippen LogP) is 2.83. The van der Waals surface area contributed by atoms with Gasteiger partial charge in [0.1, 0.15) is 5.75 Å². The van der Waals surface area contributed by atoms with Gasteiger partial charge in [0.25, 0.3) is 0 Å². The summed E-state index contributed by atoms with van der Waals surface area (Å²) in [7, 11) is 1.56. The Bertz CT molecular complexity index is 503. The number of carbonyl (C=O) groups excluding carboxylic acids is 1. The van der Waals surface area contributed by atoms with Gasteiger partial charge in [0, 0.05) is 12.4 Å². The smallest absolute Gasteiger partial charge is 0.316 e. The first-order valence-electron chi connectivity index (χ1n) is 6.25. The number of rotatable bonds is 3. The molecule has 20 heavy (non-hydrogen) atoms. The number of hydrogen-bond acceptors (Lipinski definition) is 3. The molecule has 1 aromatic heterocycles. The summed E-state index contributed by atoms with van der Waals surface area (Å²) < 4.78 is 5.12. The van der Waals surface area contributed by atoms with E-state index in [4.69, 9.17) is 10.5 Å². The van der Waals surface area contributed by atoms with Gasteiger partial charge in [-0.15, -0.1) is 0 Å². The molecule has 1 aromatic carbocycles. The second-order valence-corrected chi connectivity index (χ2v) is 3.90. The molecule has 1 heterocycles. The summed E-state index contributed by atoms with van der Waals surface area (Å²) in [5.41, 5.74) is 6.76. The van der Waals surface area contributed by atoms with E-state index in [-0.39, 0.29) is 0 Å². The number of nitrogens with zero attached hydrogens (tertiary/aromatic N) is 1. The molecular formula is C15H19N3O2. The van der Waals surface area contributed by atoms with E-state index in [1.807, 2.05) is 30.3 Å². The summed E-state index contributed by atoms with van der Waals surface area (Å²) in [5, 5.41) is 2.49. The third kappa shape index (κ3) is 5.39. The van der Waals surface area contributed by atoms with Crippen LogP contribution in [0.1, 0.15) is 12.5 Å². The Morgan fingerprint density at radius 3 is 2.40 bits per heavy atom. The normalized spacial score (nSPS) is 9.10. The molecule has 0 saturated carbocycles. The first-order valence-corrected chi connectivity index (χ1v) is 6.25. The van der Waals surface area contributed by atoms with E-state index in [2.05, 4.69) is 17.2 Å². The van der Waals surface area contributed by atoms with Crippen molar-refractivity contribution in [1.29, 1.82) is 0 Å². The van der Waals surface area contributed by atoms with Crippen molar-refractivity contribution in [3.8, 4) is 5.75 Å². The first kappa shape index (κ1) is 15.5. The molecule has 0 atom stereocenters. The average Bonchev–Trinajstić information content (AvgIpc) is 2.49. The Kier molecular flexibility index (Phi) is 6.61. The summed E-state index contributed by atoms with van der Waals surface area (Å²) in [6.45, 7) is 2.05. The van der Waals surface area contributed by atoms with Crippen LogP contribution in [-0.2, 0) is 6.42 Å². The molecule has 0 bridgehead atoms. The van der Waals surface area contributed by atoms with E-state index < -0.39 is 6.03 Å². The molecule has 2 rings (SSSR count). The topological polar surface area (TPSA) is 77.2 Å². The van der Waals surface area contributed by atoms with Crippen molar-refractivity contribution in [3.05, 3.63) is 54.4 Å². The molecule has 0 radical (unpaired) electrons. The number of carbonyl (C=O) groups is 1. The lowest BCUT2D eigenvalue weighted by Gasteiger charge is -2.09. The van der Waals surface area contributed by atoms with Gasteiger partial charge in [-0.2, -0.15) is 0 Å². The number of hydrogen-bond donors (Lipinski definition) is 2. The number of ether oxygens (including phenoxy) is 1. The molecule has 106 valence electrons. The number of methoxy groups -OCH3 is 1. The van der Waals surface area contributed by atoms with Crippen LogP contribution in [0.3, 0.4) is 0 Å². The van der Waals surface area contributed by atoms with Gasteiger partial charge in [0.05, 0.1) is 12.8 Å². The number of pyridine rings is 1. The van der Waals surface area contributed by atoms with Gasteiger partial charge in [-0.05, 0) is 36.2 Å². The molecule has 5 heteroatoms. The first-order chi connectivity index (χ1) is 9.67. The Balaban J connectivity index is 0.000000276. The molecule has 3 N–H and O–H groups in total. The number of amides is 2. The van der Waals surface area contributed by atoms with Crippen LogP contribution in [0.15, 0.2) is 48.8 Å². The Labute approximate surface area is 118 Å². The molecule has 2 aromatic rings. The highest BCUT2D eigenvalue weighted by Gasteiger charge is 2.04. The minimum absolute atomic E-state index is 0.590. The van der Waals surface area contributed by atoms with Gasteiger partial charge in [-0.1, -0.05) is 19.1 Å². The number of primary amides is 1. The van der Waals surface area contributed by atoms with Crippen molar-refractivity contribution in [2.75, 3.05) is 12.4 Å². The van der Waals surface area contributed by atoms with Crippen molar-refractivity contribution in [1.82, 2.24) is 4.98 Å². The van der Waals surface area contributed by atoms with Crippen molar-refractivity contribution >= 4 is 11.7 Å². The van der Waals surface area contributed by atoms with Crippen LogP contribution in [0.2, 0.25) is 0 Å². The fraction of sp³-hybridized carbons (Fsp3) is 0.200. The number of aryl methyl sites for hydroxylation is 1. The Hall–Kier alpha value is -2.56. The summed E-state index contributed by atoms with van der Waals surface area (Å²) in [6, 6.07) is 10.7. The number of aromatic nitrogens is 1. The van der Waals surface area contributed by atoms with E-state index in [0.29, 0.717) is 11.4 Å². The van der Waals surface area contributed by atoms with Gasteiger partial charge in [-0.25, -0.2) is 4.79 Å². The third-order valence-corrected chi connectivity index (χ3v) is 2.50. The fourth-order valence-corrected chi connectivity index (χ4v) is 1.50. The lowest BCUT2D eigenvalue weighted by atomic mass is 10.1. The van der Waals surface area contributed by atoms with Gasteiger partial charge in [0.2, 0.25) is 0 Å². The van der Waals surface area contributed by atoms with E-state index in [0.717, 1.165) is 12.0 Å². The summed E-state index contributed by atoms with van der Waals surface area (Å²) >= 11 is 0. The number of urea groups is 1. The second kappa shape index (κ2) is 8.53. The van der Waals surface area contributed by atoms with E-state index in [1.165, 1.54) is 0 Å². The number of anilines is 1. The number of nitrogens with two attached hydrogens (primary N) is 1. The summed E-state index contributed by atoms with van der Waals surface area (Å²) in [6.07, 6.45) is 4.42. The summed E-state index contributed by atoms with van der Waals surface area (Å²) in [5.74, 6) is 0.628. The quantitative estimate of drug-likeness (QED) is 0.902. The van der Waals surface area contributed by atoms with Gasteiger partial charge in [0.15, 0.2) is 0 Å². The maximum absolute atomic E-state index is 10.6. The molecule has 0 unspecified atom stereocenters. The minimum atomic E-state index is -0.590. The van der Waals surface area contributed by atoms with Crippen LogP contribution in [0, 0.1) is 0 Å². The second-order valence-electron chi connectivity index (χ2n) is 3.90. The highest BCUT2D eigenvalue weighted by molar-refractivity contribution is 5.89. The number of benzene rings is 1. The lowest BCUT2D eigenvalue weighted by Crippen LogP contribution is -2.19. The van der Waals surface area contributed by atoms with Crippen LogP contribution < -0.4 is 15.8 Å². The third-order valence-electron chi connectivity index (χ3n) is 2.50. The highest BCUT2D eigenvalue weighted by atomic mass is 16.5. The Morgan fingerprint density at radius 2 is 2.00 bits per heavy atom. The van der Waals surface area contributed by atoms with Crippen LogP contribution in [0.25, 0.3) is 0 Å². The molecule has 0 spiro atoms. The van der Waals surface area contributed by atoms with Crippen molar-refractivity contribution in [2.24, 2.45) is 5.73 Å². The van der Waals surface area contributed by atoms with Gasteiger partial charge < -0.3 is 15.8 Å². The monoisotopic (exact) mass is 273 g/mol. The standard InChI is InChI=1S/C10H14N2O2.C5H5N/c1-3-7-4-5-8(12-10(11)13)9(6-7)14-2;1-2-4-6-5-3-1/h4-6H,3H2,1-2H3,(H3,11,12,13);1-5H. The fourth-order valence-electron chi connectivity index (χ4n) is 1.50. The SMILES string of the molecule is CCc1ccc(NC(N)=O)c(OC)c1.c1ccncc1. The molecule has 0 aliphatic heterocycles. The Morgan fingerprint density at radius 1 is 1.30 bits per heavy atom. The van der Waals surface area contributed by atoms with E-state index in [9.17, 15) is 4.79 Å². The molecule has 0 aliphatic rings. The zero-order valence-electron chi connectivity index (χ0n) is 11.7. The predicted molar refractivity (Wildman–Crippen MR) is 79.8 cm³/mol. The van der Waals surface area contributed by atoms with Crippen molar-refractivity contribution in [3.63, 3.8) is 0 Å². The van der Waals surface area contributed by atoms with Crippen LogP contribution in [0.5, 0.6) is 5.75 Å². The van der Waals surface area contributed by atoms with Crippen LogP contribution in [0.4, 0.5) is 10.5 Å². The molecule has 0 fully saturated rings. The van der Waals surface area contributed by atoms with E-state index >= 15 is 0 Å². The largest absolute Gasteiger partial charge is 0.495 e. The average molecular weight is 273 g/mol. The molecule has 2 amide bonds. The lowest BCUT2D eigenvalue weighted by molar-refractivity contribution is 0.259. The van der Waals surface area contributed by atoms with Crippen LogP contribution >= 0.6 is 0 Å². The summed E-state index contributed by atoms with van der Waals surface area (Å²) in [4.78, 5) is 14.4.